The van der Waals surface area contributed by atoms with Crippen molar-refractivity contribution in [2.24, 2.45) is 11.8 Å². The first-order valence-corrected chi connectivity index (χ1v) is 5.70. The molecular formula is C14H24N2. The highest BCUT2D eigenvalue weighted by Gasteiger charge is 1.95. The minimum absolute atomic E-state index is 0.597. The summed E-state index contributed by atoms with van der Waals surface area (Å²) in [5.74, 6) is 5.78. The molecule has 0 saturated carbocycles. The van der Waals surface area contributed by atoms with Gasteiger partial charge in [-0.3, -0.25) is 5.84 Å². The van der Waals surface area contributed by atoms with Crippen LogP contribution in [0.2, 0.25) is 0 Å². The molecule has 0 aliphatic heterocycles. The molecule has 0 saturated heterocycles. The number of hydrogen-bond acceptors (Lipinski definition) is 2. The molecule has 0 aliphatic rings. The van der Waals surface area contributed by atoms with E-state index in [0.29, 0.717) is 5.92 Å². The fourth-order valence-corrected chi connectivity index (χ4v) is 1.41. The second-order valence-electron chi connectivity index (χ2n) is 4.14. The second-order valence-corrected chi connectivity index (χ2v) is 4.14. The van der Waals surface area contributed by atoms with Gasteiger partial charge in [-0.1, -0.05) is 36.8 Å². The largest absolute Gasteiger partial charge is 0.331 e. The topological polar surface area (TPSA) is 38.0 Å². The first-order valence-electron chi connectivity index (χ1n) is 5.70. The average Bonchev–Trinajstić information content (AvgIpc) is 2.24. The van der Waals surface area contributed by atoms with Gasteiger partial charge in [-0.05, 0) is 38.2 Å². The molecule has 0 aromatic carbocycles. The van der Waals surface area contributed by atoms with Crippen LogP contribution in [0, 0.1) is 5.92 Å². The fraction of sp³-hybridized carbons (Fsp3) is 0.429. The van der Waals surface area contributed by atoms with Crippen molar-refractivity contribution in [3.63, 3.8) is 0 Å². The number of nitrogens with two attached hydrogens (primary N) is 1. The molecule has 2 nitrogen and oxygen atoms in total. The monoisotopic (exact) mass is 220 g/mol. The van der Waals surface area contributed by atoms with E-state index in [9.17, 15) is 0 Å². The van der Waals surface area contributed by atoms with E-state index in [-0.39, 0.29) is 0 Å². The Hall–Kier alpha value is -1.28. The summed E-state index contributed by atoms with van der Waals surface area (Å²) in [6, 6.07) is 0. The lowest BCUT2D eigenvalue weighted by molar-refractivity contribution is 0.655. The summed E-state index contributed by atoms with van der Waals surface area (Å²) in [6.07, 6.45) is 12.4. The smallest absolute Gasteiger partial charge is 0.0152 e. The summed E-state index contributed by atoms with van der Waals surface area (Å²) in [5.41, 5.74) is 4.90. The van der Waals surface area contributed by atoms with E-state index in [1.54, 1.807) is 6.20 Å². The van der Waals surface area contributed by atoms with E-state index in [2.05, 4.69) is 38.0 Å². The van der Waals surface area contributed by atoms with Crippen LogP contribution in [0.25, 0.3) is 0 Å². The molecule has 0 amide bonds. The van der Waals surface area contributed by atoms with Crippen LogP contribution in [-0.2, 0) is 0 Å². The standard InChI is InChI=1S/C14H24N2/c1-5-6-7-12(2)10-13(3)8-9-14(4)11-16-15/h5,8-12,16H,1,6-7,15H2,2-4H3/b9-8-,13-10+,14-11-. The number of hydrazine groups is 1. The Bertz CT molecular complexity index is 285. The van der Waals surface area contributed by atoms with E-state index in [4.69, 9.17) is 5.84 Å². The van der Waals surface area contributed by atoms with Gasteiger partial charge in [0.25, 0.3) is 0 Å². The van der Waals surface area contributed by atoms with E-state index in [1.807, 2.05) is 19.1 Å². The van der Waals surface area contributed by atoms with Crippen molar-refractivity contribution in [2.75, 3.05) is 0 Å². The van der Waals surface area contributed by atoms with Crippen molar-refractivity contribution in [1.29, 1.82) is 0 Å². The number of allylic oxidation sites excluding steroid dienone is 6. The highest BCUT2D eigenvalue weighted by molar-refractivity contribution is 5.25. The van der Waals surface area contributed by atoms with Gasteiger partial charge in [-0.2, -0.15) is 0 Å². The molecule has 0 spiro atoms. The molecule has 0 fully saturated rings. The predicted octanol–water partition coefficient (Wildman–Crippen LogP) is 3.46. The minimum Gasteiger partial charge on any atom is -0.331 e. The molecule has 2 heteroatoms. The molecule has 0 rings (SSSR count). The van der Waals surface area contributed by atoms with Gasteiger partial charge in [0.1, 0.15) is 0 Å². The van der Waals surface area contributed by atoms with Gasteiger partial charge >= 0.3 is 0 Å². The SMILES string of the molecule is C=CCCC(C)/C=C(C)/C=C\C(C)=C/NN. The summed E-state index contributed by atoms with van der Waals surface area (Å²) >= 11 is 0. The molecular weight excluding hydrogens is 196 g/mol. The zero-order valence-corrected chi connectivity index (χ0v) is 10.7. The molecule has 1 atom stereocenters. The van der Waals surface area contributed by atoms with Crippen LogP contribution in [0.5, 0.6) is 0 Å². The molecule has 0 radical (unpaired) electrons. The maximum atomic E-state index is 5.19. The van der Waals surface area contributed by atoms with Crippen LogP contribution in [0.15, 0.2) is 48.2 Å². The average molecular weight is 220 g/mol. The third-order valence-electron chi connectivity index (χ3n) is 2.29. The van der Waals surface area contributed by atoms with Crippen molar-refractivity contribution in [1.82, 2.24) is 5.43 Å². The van der Waals surface area contributed by atoms with Crippen LogP contribution in [0.3, 0.4) is 0 Å². The maximum Gasteiger partial charge on any atom is 0.0152 e. The lowest BCUT2D eigenvalue weighted by Gasteiger charge is -2.04. The van der Waals surface area contributed by atoms with Gasteiger partial charge in [0.2, 0.25) is 0 Å². The van der Waals surface area contributed by atoms with Crippen molar-refractivity contribution in [3.05, 3.63) is 48.2 Å². The summed E-state index contributed by atoms with van der Waals surface area (Å²) in [4.78, 5) is 0. The zero-order chi connectivity index (χ0) is 12.4. The van der Waals surface area contributed by atoms with Gasteiger partial charge in [0.05, 0.1) is 0 Å². The molecule has 0 heterocycles. The highest BCUT2D eigenvalue weighted by atomic mass is 15.2. The molecule has 3 N–H and O–H groups in total. The van der Waals surface area contributed by atoms with Crippen molar-refractivity contribution in [3.8, 4) is 0 Å². The number of hydrogen-bond donors (Lipinski definition) is 2. The van der Waals surface area contributed by atoms with E-state index < -0.39 is 0 Å². The lowest BCUT2D eigenvalue weighted by Crippen LogP contribution is -2.13. The van der Waals surface area contributed by atoms with Crippen LogP contribution >= 0.6 is 0 Å². The summed E-state index contributed by atoms with van der Waals surface area (Å²) < 4.78 is 0. The van der Waals surface area contributed by atoms with E-state index >= 15 is 0 Å². The predicted molar refractivity (Wildman–Crippen MR) is 72.6 cm³/mol. The highest BCUT2D eigenvalue weighted by Crippen LogP contribution is 2.11. The minimum atomic E-state index is 0.597. The van der Waals surface area contributed by atoms with Crippen LogP contribution in [0.4, 0.5) is 0 Å². The number of nitrogens with one attached hydrogen (secondary N) is 1. The fourth-order valence-electron chi connectivity index (χ4n) is 1.41. The van der Waals surface area contributed by atoms with Gasteiger partial charge in [-0.15, -0.1) is 6.58 Å². The molecule has 1 unspecified atom stereocenters. The zero-order valence-electron chi connectivity index (χ0n) is 10.7. The second kappa shape index (κ2) is 8.98. The maximum absolute atomic E-state index is 5.19. The van der Waals surface area contributed by atoms with Crippen LogP contribution in [-0.4, -0.2) is 0 Å². The van der Waals surface area contributed by atoms with E-state index in [1.165, 1.54) is 5.57 Å². The quantitative estimate of drug-likeness (QED) is 0.298. The Balaban J connectivity index is 4.22. The number of rotatable bonds is 7. The Morgan fingerprint density at radius 3 is 2.50 bits per heavy atom. The van der Waals surface area contributed by atoms with Crippen molar-refractivity contribution in [2.45, 2.75) is 33.6 Å². The van der Waals surface area contributed by atoms with Gasteiger partial charge in [0, 0.05) is 6.20 Å². The van der Waals surface area contributed by atoms with Gasteiger partial charge in [-0.25, -0.2) is 0 Å². The molecule has 0 bridgehead atoms. The van der Waals surface area contributed by atoms with Crippen LogP contribution < -0.4 is 11.3 Å². The third-order valence-corrected chi connectivity index (χ3v) is 2.29. The third kappa shape index (κ3) is 8.06. The summed E-state index contributed by atoms with van der Waals surface area (Å²) in [5, 5.41) is 0. The first-order chi connectivity index (χ1) is 7.60. The van der Waals surface area contributed by atoms with E-state index in [0.717, 1.165) is 18.4 Å². The van der Waals surface area contributed by atoms with Gasteiger partial charge < -0.3 is 5.43 Å². The van der Waals surface area contributed by atoms with Crippen molar-refractivity contribution < 1.29 is 0 Å². The normalized spacial score (nSPS) is 15.2. The summed E-state index contributed by atoms with van der Waals surface area (Å²) in [6.45, 7) is 10.1. The first kappa shape index (κ1) is 14.7. The molecule has 16 heavy (non-hydrogen) atoms. The lowest BCUT2D eigenvalue weighted by atomic mass is 10.0. The molecule has 0 aromatic rings. The molecule has 90 valence electrons. The van der Waals surface area contributed by atoms with Crippen LogP contribution in [0.1, 0.15) is 33.6 Å². The van der Waals surface area contributed by atoms with Gasteiger partial charge in [0.15, 0.2) is 0 Å². The Kier molecular flexibility index (Phi) is 8.26. The Morgan fingerprint density at radius 2 is 1.94 bits per heavy atom. The summed E-state index contributed by atoms with van der Waals surface area (Å²) in [7, 11) is 0. The Morgan fingerprint density at radius 1 is 1.31 bits per heavy atom. The Labute approximate surface area is 99.6 Å². The molecule has 0 aromatic heterocycles. The molecule has 0 aliphatic carbocycles. The van der Waals surface area contributed by atoms with Crippen molar-refractivity contribution >= 4 is 0 Å².